The molecule has 0 radical (unpaired) electrons. The van der Waals surface area contributed by atoms with Crippen molar-refractivity contribution in [2.45, 2.75) is 6.04 Å². The molecule has 0 aromatic carbocycles. The molecule has 0 amide bonds. The van der Waals surface area contributed by atoms with Gasteiger partial charge in [-0.1, -0.05) is 0 Å². The monoisotopic (exact) mass is 195 g/mol. The number of ether oxygens (including phenoxy) is 1. The molecule has 13 heavy (non-hydrogen) atoms. The fourth-order valence-electron chi connectivity index (χ4n) is 1.33. The molecule has 4 heteroatoms. The van der Waals surface area contributed by atoms with Crippen molar-refractivity contribution in [2.24, 2.45) is 0 Å². The van der Waals surface area contributed by atoms with Gasteiger partial charge in [-0.3, -0.25) is 0 Å². The van der Waals surface area contributed by atoms with Crippen molar-refractivity contribution >= 4 is 23.4 Å². The molecule has 1 aromatic rings. The Labute approximate surface area is 80.0 Å². The van der Waals surface area contributed by atoms with Gasteiger partial charge in [0.15, 0.2) is 6.04 Å². The van der Waals surface area contributed by atoms with Crippen molar-refractivity contribution in [3.05, 3.63) is 28.1 Å². The van der Waals surface area contributed by atoms with Crippen LogP contribution < -0.4 is 5.32 Å². The first-order valence-electron chi connectivity index (χ1n) is 3.91. The molecule has 1 N–H and O–H groups in total. The molecule has 1 aromatic heterocycles. The highest BCUT2D eigenvalue weighted by Gasteiger charge is 2.24. The fourth-order valence-corrected chi connectivity index (χ4v) is 2.16. The van der Waals surface area contributed by atoms with Crippen LogP contribution in [-0.2, 0) is 9.53 Å². The molecule has 1 aliphatic heterocycles. The summed E-state index contributed by atoms with van der Waals surface area (Å²) in [4.78, 5) is 12.4. The minimum absolute atomic E-state index is 0.246. The van der Waals surface area contributed by atoms with Crippen LogP contribution in [0, 0.1) is 0 Å². The molecule has 2 rings (SSSR count). The topological polar surface area (TPSA) is 38.3 Å². The average molecular weight is 195 g/mol. The first-order valence-corrected chi connectivity index (χ1v) is 4.78. The van der Waals surface area contributed by atoms with Crippen LogP contribution in [0.15, 0.2) is 17.6 Å². The van der Waals surface area contributed by atoms with Gasteiger partial charge in [0.2, 0.25) is 0 Å². The van der Waals surface area contributed by atoms with E-state index in [9.17, 15) is 4.79 Å². The highest BCUT2D eigenvalue weighted by molar-refractivity contribution is 7.11. The van der Waals surface area contributed by atoms with Crippen molar-refractivity contribution in [1.29, 1.82) is 0 Å². The molecule has 0 spiro atoms. The van der Waals surface area contributed by atoms with Gasteiger partial charge in [0.05, 0.1) is 7.11 Å². The SMILES string of the molecule is COC(=O)[C@H]1NC=Cc2sccc21. The molecule has 0 aliphatic carbocycles. The van der Waals surface area contributed by atoms with Crippen molar-refractivity contribution < 1.29 is 9.53 Å². The van der Waals surface area contributed by atoms with E-state index in [1.807, 2.05) is 17.5 Å². The number of methoxy groups -OCH3 is 1. The van der Waals surface area contributed by atoms with E-state index in [4.69, 9.17) is 0 Å². The van der Waals surface area contributed by atoms with E-state index in [2.05, 4.69) is 10.1 Å². The summed E-state index contributed by atoms with van der Waals surface area (Å²) in [5.74, 6) is -0.246. The summed E-state index contributed by atoms with van der Waals surface area (Å²) >= 11 is 1.62. The van der Waals surface area contributed by atoms with E-state index in [0.717, 1.165) is 10.4 Å². The van der Waals surface area contributed by atoms with Crippen molar-refractivity contribution in [3.63, 3.8) is 0 Å². The summed E-state index contributed by atoms with van der Waals surface area (Å²) in [5.41, 5.74) is 0.999. The van der Waals surface area contributed by atoms with Gasteiger partial charge >= 0.3 is 5.97 Å². The van der Waals surface area contributed by atoms with Crippen LogP contribution >= 0.6 is 11.3 Å². The maximum absolute atomic E-state index is 11.3. The number of carbonyl (C=O) groups excluding carboxylic acids is 1. The molecule has 0 saturated heterocycles. The standard InChI is InChI=1S/C9H9NO2S/c1-12-9(11)8-6-3-5-13-7(6)2-4-10-8/h2-5,8,10H,1H3/t8-/m0/s1. The lowest BCUT2D eigenvalue weighted by Crippen LogP contribution is -2.27. The third kappa shape index (κ3) is 1.33. The lowest BCUT2D eigenvalue weighted by atomic mass is 10.1. The first kappa shape index (κ1) is 8.31. The number of esters is 1. The molecule has 0 saturated carbocycles. The lowest BCUT2D eigenvalue weighted by molar-refractivity contribution is -0.143. The van der Waals surface area contributed by atoms with Crippen LogP contribution in [0.5, 0.6) is 0 Å². The second-order valence-electron chi connectivity index (χ2n) is 2.70. The fraction of sp³-hybridized carbons (Fsp3) is 0.222. The molecule has 0 unspecified atom stereocenters. The van der Waals surface area contributed by atoms with Crippen LogP contribution in [0.25, 0.3) is 6.08 Å². The average Bonchev–Trinajstić information content (AvgIpc) is 2.63. The van der Waals surface area contributed by atoms with Gasteiger partial charge in [-0.05, 0) is 23.7 Å². The molecule has 1 aliphatic rings. The number of carbonyl (C=O) groups is 1. The molecule has 1 atom stereocenters. The molecular formula is C9H9NO2S. The number of rotatable bonds is 1. The Morgan fingerprint density at radius 3 is 3.31 bits per heavy atom. The Bertz CT molecular complexity index is 356. The van der Waals surface area contributed by atoms with Gasteiger partial charge in [0.1, 0.15) is 0 Å². The van der Waals surface area contributed by atoms with E-state index in [1.54, 1.807) is 17.5 Å². The van der Waals surface area contributed by atoms with Crippen molar-refractivity contribution in [2.75, 3.05) is 7.11 Å². The molecule has 2 heterocycles. The number of hydrogen-bond donors (Lipinski definition) is 1. The lowest BCUT2D eigenvalue weighted by Gasteiger charge is -2.18. The summed E-state index contributed by atoms with van der Waals surface area (Å²) in [7, 11) is 1.40. The van der Waals surface area contributed by atoms with E-state index >= 15 is 0 Å². The first-order chi connectivity index (χ1) is 6.33. The summed E-state index contributed by atoms with van der Waals surface area (Å²) in [6.45, 7) is 0. The van der Waals surface area contributed by atoms with Gasteiger partial charge in [-0.2, -0.15) is 0 Å². The zero-order valence-corrected chi connectivity index (χ0v) is 7.93. The highest BCUT2D eigenvalue weighted by Crippen LogP contribution is 2.28. The second kappa shape index (κ2) is 3.22. The van der Waals surface area contributed by atoms with Gasteiger partial charge < -0.3 is 10.1 Å². The van der Waals surface area contributed by atoms with Crippen LogP contribution in [0.2, 0.25) is 0 Å². The third-order valence-electron chi connectivity index (χ3n) is 1.97. The summed E-state index contributed by atoms with van der Waals surface area (Å²) < 4.78 is 4.69. The van der Waals surface area contributed by atoms with Gasteiger partial charge in [-0.15, -0.1) is 11.3 Å². The largest absolute Gasteiger partial charge is 0.467 e. The molecule has 0 fully saturated rings. The van der Waals surface area contributed by atoms with Crippen LogP contribution in [-0.4, -0.2) is 13.1 Å². The predicted molar refractivity (Wildman–Crippen MR) is 51.2 cm³/mol. The van der Waals surface area contributed by atoms with E-state index in [-0.39, 0.29) is 12.0 Å². The molecule has 68 valence electrons. The van der Waals surface area contributed by atoms with Gasteiger partial charge in [0, 0.05) is 10.4 Å². The Balaban J connectivity index is 2.35. The summed E-state index contributed by atoms with van der Waals surface area (Å²) in [6, 6.07) is 1.61. The molecule has 0 bridgehead atoms. The predicted octanol–water partition coefficient (Wildman–Crippen LogP) is 1.54. The quantitative estimate of drug-likeness (QED) is 0.691. The van der Waals surface area contributed by atoms with Crippen LogP contribution in [0.3, 0.4) is 0 Å². The maximum atomic E-state index is 11.3. The zero-order chi connectivity index (χ0) is 9.26. The van der Waals surface area contributed by atoms with Gasteiger partial charge in [0.25, 0.3) is 0 Å². The number of fused-ring (bicyclic) bond motifs is 1. The van der Waals surface area contributed by atoms with Crippen molar-refractivity contribution in [1.82, 2.24) is 5.32 Å². The van der Waals surface area contributed by atoms with E-state index < -0.39 is 0 Å². The van der Waals surface area contributed by atoms with Crippen molar-refractivity contribution in [3.8, 4) is 0 Å². The Hall–Kier alpha value is -1.29. The minimum atomic E-state index is -0.337. The number of nitrogens with one attached hydrogen (secondary N) is 1. The Morgan fingerprint density at radius 2 is 2.54 bits per heavy atom. The van der Waals surface area contributed by atoms with Crippen LogP contribution in [0.4, 0.5) is 0 Å². The smallest absolute Gasteiger partial charge is 0.333 e. The highest BCUT2D eigenvalue weighted by atomic mass is 32.1. The normalized spacial score (nSPS) is 19.0. The van der Waals surface area contributed by atoms with E-state index in [1.165, 1.54) is 7.11 Å². The summed E-state index contributed by atoms with van der Waals surface area (Å²) in [6.07, 6.45) is 3.74. The Morgan fingerprint density at radius 1 is 1.69 bits per heavy atom. The maximum Gasteiger partial charge on any atom is 0.333 e. The number of thiophene rings is 1. The Kier molecular flexibility index (Phi) is 2.06. The third-order valence-corrected chi connectivity index (χ3v) is 2.87. The summed E-state index contributed by atoms with van der Waals surface area (Å²) in [5, 5.41) is 4.93. The molecule has 3 nitrogen and oxygen atoms in total. The van der Waals surface area contributed by atoms with Crippen LogP contribution in [0.1, 0.15) is 16.5 Å². The number of hydrogen-bond acceptors (Lipinski definition) is 4. The van der Waals surface area contributed by atoms with Gasteiger partial charge in [-0.25, -0.2) is 4.79 Å². The zero-order valence-electron chi connectivity index (χ0n) is 7.11. The molecular weight excluding hydrogens is 186 g/mol. The second-order valence-corrected chi connectivity index (χ2v) is 3.64. The van der Waals surface area contributed by atoms with E-state index in [0.29, 0.717) is 0 Å². The minimum Gasteiger partial charge on any atom is -0.467 e.